The van der Waals surface area contributed by atoms with Gasteiger partial charge in [0.05, 0.1) is 0 Å². The van der Waals surface area contributed by atoms with Crippen LogP contribution in [-0.2, 0) is 0 Å². The lowest BCUT2D eigenvalue weighted by atomic mass is 10.5. The molecule has 0 aliphatic carbocycles. The summed E-state index contributed by atoms with van der Waals surface area (Å²) in [7, 11) is 0. The summed E-state index contributed by atoms with van der Waals surface area (Å²) >= 11 is 0. The van der Waals surface area contributed by atoms with Crippen LogP contribution < -0.4 is 11.5 Å². The van der Waals surface area contributed by atoms with Crippen molar-refractivity contribution in [1.29, 1.82) is 0 Å². The molecule has 72 valence electrons. The summed E-state index contributed by atoms with van der Waals surface area (Å²) in [5, 5.41) is 0. The lowest BCUT2D eigenvalue weighted by Gasteiger charge is -1.81. The molecule has 2 heteroatoms. The molecule has 0 amide bonds. The van der Waals surface area contributed by atoms with Gasteiger partial charge in [-0.1, -0.05) is 41.0 Å². The second-order valence-electron chi connectivity index (χ2n) is 2.74. The van der Waals surface area contributed by atoms with Gasteiger partial charge in [0.2, 0.25) is 0 Å². The number of nitrogens with two attached hydrogens (primary N) is 2. The minimum Gasteiger partial charge on any atom is -0.330 e. The molecule has 0 aliphatic rings. The zero-order valence-electron chi connectivity index (χ0n) is 8.85. The van der Waals surface area contributed by atoms with Gasteiger partial charge in [-0.05, 0) is 19.0 Å². The molecule has 0 heterocycles. The highest BCUT2D eigenvalue weighted by Gasteiger charge is 1.67. The number of hydrogen-bond donors (Lipinski definition) is 2. The Hall–Kier alpha value is -0.0800. The van der Waals surface area contributed by atoms with E-state index in [1.165, 1.54) is 6.42 Å². The molecule has 2 nitrogen and oxygen atoms in total. The summed E-state index contributed by atoms with van der Waals surface area (Å²) < 4.78 is 0. The van der Waals surface area contributed by atoms with Crippen molar-refractivity contribution in [2.24, 2.45) is 11.5 Å². The fourth-order valence-corrected chi connectivity index (χ4v) is 0. The first kappa shape index (κ1) is 17.1. The first-order chi connectivity index (χ1) is 5.06. The first-order valence-electron chi connectivity index (χ1n) is 4.52. The highest BCUT2D eigenvalue weighted by molar-refractivity contribution is 4.32. The van der Waals surface area contributed by atoms with Gasteiger partial charge in [0.25, 0.3) is 0 Å². The molecule has 0 aromatic rings. The third kappa shape index (κ3) is 735. The Kier molecular flexibility index (Phi) is 35.1. The van der Waals surface area contributed by atoms with Gasteiger partial charge in [-0.25, -0.2) is 0 Å². The smallest absolute Gasteiger partial charge is 0.00179 e. The highest BCUT2D eigenvalue weighted by atomic mass is 14.6. The SMILES string of the molecule is CC(C)N.CCC.CCCN. The van der Waals surface area contributed by atoms with E-state index in [1.54, 1.807) is 0 Å². The molecule has 0 spiro atoms. The van der Waals surface area contributed by atoms with Gasteiger partial charge in [-0.2, -0.15) is 0 Å². The van der Waals surface area contributed by atoms with Gasteiger partial charge >= 0.3 is 0 Å². The lowest BCUT2D eigenvalue weighted by Crippen LogP contribution is -2.06. The second-order valence-corrected chi connectivity index (χ2v) is 2.74. The summed E-state index contributed by atoms with van der Waals surface area (Å²) in [6.07, 6.45) is 2.35. The van der Waals surface area contributed by atoms with Crippen LogP contribution in [0.25, 0.3) is 0 Å². The Labute approximate surface area is 72.4 Å². The van der Waals surface area contributed by atoms with Crippen molar-refractivity contribution in [3.05, 3.63) is 0 Å². The molecule has 0 bridgehead atoms. The van der Waals surface area contributed by atoms with Gasteiger partial charge in [0.15, 0.2) is 0 Å². The van der Waals surface area contributed by atoms with E-state index in [4.69, 9.17) is 11.5 Å². The molecular formula is C9H26N2. The van der Waals surface area contributed by atoms with Crippen molar-refractivity contribution >= 4 is 0 Å². The minimum atomic E-state index is 0.333. The maximum atomic E-state index is 5.11. The Morgan fingerprint density at radius 3 is 1.18 bits per heavy atom. The van der Waals surface area contributed by atoms with Crippen LogP contribution in [0.5, 0.6) is 0 Å². The van der Waals surface area contributed by atoms with E-state index in [1.807, 2.05) is 13.8 Å². The third-order valence-electron chi connectivity index (χ3n) is 0.289. The van der Waals surface area contributed by atoms with Gasteiger partial charge in [0.1, 0.15) is 0 Å². The van der Waals surface area contributed by atoms with Crippen LogP contribution in [0.4, 0.5) is 0 Å². The lowest BCUT2D eigenvalue weighted by molar-refractivity contribution is 0.834. The maximum Gasteiger partial charge on any atom is -0.00179 e. The highest BCUT2D eigenvalue weighted by Crippen LogP contribution is 1.58. The molecule has 11 heavy (non-hydrogen) atoms. The summed E-state index contributed by atoms with van der Waals surface area (Å²) in [4.78, 5) is 0. The Balaban J connectivity index is -0.0000000886. The van der Waals surface area contributed by atoms with Crippen molar-refractivity contribution in [2.75, 3.05) is 6.54 Å². The average molecular weight is 162 g/mol. The van der Waals surface area contributed by atoms with Crippen molar-refractivity contribution in [2.45, 2.75) is 53.5 Å². The van der Waals surface area contributed by atoms with Crippen molar-refractivity contribution in [3.8, 4) is 0 Å². The van der Waals surface area contributed by atoms with E-state index in [9.17, 15) is 0 Å². The average Bonchev–Trinajstić information content (AvgIpc) is 1.88. The fraction of sp³-hybridized carbons (Fsp3) is 1.00. The molecule has 0 rings (SSSR count). The largest absolute Gasteiger partial charge is 0.330 e. The molecule has 0 aliphatic heterocycles. The Bertz CT molecular complexity index is 31.8. The van der Waals surface area contributed by atoms with Crippen LogP contribution in [0, 0.1) is 0 Å². The van der Waals surface area contributed by atoms with Crippen LogP contribution in [-0.4, -0.2) is 12.6 Å². The molecule has 0 saturated heterocycles. The van der Waals surface area contributed by atoms with Gasteiger partial charge in [-0.15, -0.1) is 0 Å². The summed E-state index contributed by atoms with van der Waals surface area (Å²) in [5.74, 6) is 0. The molecule has 4 N–H and O–H groups in total. The summed E-state index contributed by atoms with van der Waals surface area (Å²) in [6.45, 7) is 11.0. The van der Waals surface area contributed by atoms with Crippen LogP contribution in [0.15, 0.2) is 0 Å². The molecule has 0 radical (unpaired) electrons. The molecular weight excluding hydrogens is 136 g/mol. The van der Waals surface area contributed by atoms with Crippen molar-refractivity contribution in [1.82, 2.24) is 0 Å². The van der Waals surface area contributed by atoms with Gasteiger partial charge in [0, 0.05) is 0 Å². The zero-order valence-corrected chi connectivity index (χ0v) is 8.85. The number of rotatable bonds is 1. The number of hydrogen-bond acceptors (Lipinski definition) is 2. The third-order valence-corrected chi connectivity index (χ3v) is 0.289. The normalized spacial score (nSPS) is 7.64. The summed E-state index contributed by atoms with van der Waals surface area (Å²) in [6, 6.07) is 0.333. The van der Waals surface area contributed by atoms with Gasteiger partial charge < -0.3 is 11.5 Å². The van der Waals surface area contributed by atoms with E-state index in [0.717, 1.165) is 13.0 Å². The van der Waals surface area contributed by atoms with E-state index >= 15 is 0 Å². The van der Waals surface area contributed by atoms with E-state index in [2.05, 4.69) is 20.8 Å². The van der Waals surface area contributed by atoms with Crippen LogP contribution in [0.2, 0.25) is 0 Å². The minimum absolute atomic E-state index is 0.333. The predicted molar refractivity (Wildman–Crippen MR) is 54.6 cm³/mol. The molecule has 0 atom stereocenters. The van der Waals surface area contributed by atoms with Crippen LogP contribution in [0.3, 0.4) is 0 Å². The molecule has 0 saturated carbocycles. The quantitative estimate of drug-likeness (QED) is 0.620. The topological polar surface area (TPSA) is 52.0 Å². The predicted octanol–water partition coefficient (Wildman–Crippen LogP) is 2.12. The summed E-state index contributed by atoms with van der Waals surface area (Å²) in [5.41, 5.74) is 10.1. The van der Waals surface area contributed by atoms with E-state index in [-0.39, 0.29) is 0 Å². The maximum absolute atomic E-state index is 5.11. The molecule has 0 aromatic heterocycles. The van der Waals surface area contributed by atoms with Crippen molar-refractivity contribution in [3.63, 3.8) is 0 Å². The molecule has 0 fully saturated rings. The van der Waals surface area contributed by atoms with Gasteiger partial charge in [-0.3, -0.25) is 0 Å². The zero-order chi connectivity index (χ0) is 9.70. The fourth-order valence-electron chi connectivity index (χ4n) is 0. The second kappa shape index (κ2) is 22.5. The van der Waals surface area contributed by atoms with E-state index < -0.39 is 0 Å². The van der Waals surface area contributed by atoms with Crippen molar-refractivity contribution < 1.29 is 0 Å². The standard InChI is InChI=1S/2C3H9N.C3H8/c1-3(2)4;1-2-3-4;1-3-2/h3H,4H2,1-2H3;2-4H2,1H3;3H2,1-2H3. The Morgan fingerprint density at radius 2 is 1.18 bits per heavy atom. The molecule has 0 unspecified atom stereocenters. The van der Waals surface area contributed by atoms with Crippen LogP contribution in [0.1, 0.15) is 47.5 Å². The Morgan fingerprint density at radius 1 is 1.09 bits per heavy atom. The monoisotopic (exact) mass is 162 g/mol. The first-order valence-corrected chi connectivity index (χ1v) is 4.52. The van der Waals surface area contributed by atoms with Crippen LogP contribution >= 0.6 is 0 Å². The molecule has 0 aromatic carbocycles. The van der Waals surface area contributed by atoms with E-state index in [0.29, 0.717) is 6.04 Å².